The van der Waals surface area contributed by atoms with Gasteiger partial charge in [-0.3, -0.25) is 23.9 Å². The zero-order chi connectivity index (χ0) is 19.3. The van der Waals surface area contributed by atoms with E-state index >= 15 is 0 Å². The van der Waals surface area contributed by atoms with Crippen molar-refractivity contribution in [3.05, 3.63) is 62.9 Å². The number of esters is 1. The summed E-state index contributed by atoms with van der Waals surface area (Å²) in [6.07, 6.45) is -0.0424. The molecule has 1 aromatic carbocycles. The number of Topliss-reactive ketones (excluding diaryl/α,β-unsaturated/α-hetero) is 1. The van der Waals surface area contributed by atoms with Crippen molar-refractivity contribution in [2.75, 3.05) is 0 Å². The molecule has 0 radical (unpaired) electrons. The Labute approximate surface area is 145 Å². The van der Waals surface area contributed by atoms with Crippen molar-refractivity contribution in [2.45, 2.75) is 26.2 Å². The molecule has 26 heavy (non-hydrogen) atoms. The van der Waals surface area contributed by atoms with Gasteiger partial charge in [0.15, 0.2) is 6.10 Å². The molecule has 0 spiro atoms. The maximum atomic E-state index is 12.2. The van der Waals surface area contributed by atoms with Gasteiger partial charge in [0.2, 0.25) is 5.78 Å². The number of hydrogen-bond donors (Lipinski definition) is 1. The number of ketones is 1. The van der Waals surface area contributed by atoms with Gasteiger partial charge in [0.1, 0.15) is 12.3 Å². The number of alkyl halides is 2. The molecule has 8 nitrogen and oxygen atoms in total. The van der Waals surface area contributed by atoms with Crippen molar-refractivity contribution in [3.63, 3.8) is 0 Å². The Morgan fingerprint density at radius 2 is 1.81 bits per heavy atom. The van der Waals surface area contributed by atoms with E-state index in [1.165, 1.54) is 31.2 Å². The van der Waals surface area contributed by atoms with Gasteiger partial charge in [0, 0.05) is 17.8 Å². The van der Waals surface area contributed by atoms with Crippen molar-refractivity contribution in [3.8, 4) is 5.75 Å². The number of H-pyrrole nitrogens is 1. The van der Waals surface area contributed by atoms with Crippen molar-refractivity contribution in [2.24, 2.45) is 0 Å². The number of nitrogens with zero attached hydrogens (tertiary/aromatic N) is 1. The molecule has 0 fully saturated rings. The van der Waals surface area contributed by atoms with E-state index in [0.717, 1.165) is 16.8 Å². The molecule has 2 aromatic rings. The highest BCUT2D eigenvalue weighted by molar-refractivity contribution is 6.00. The second-order valence-corrected chi connectivity index (χ2v) is 5.14. The Hall–Kier alpha value is -3.30. The molecule has 1 N–H and O–H groups in total. The van der Waals surface area contributed by atoms with Gasteiger partial charge in [-0.2, -0.15) is 8.78 Å². The van der Waals surface area contributed by atoms with Crippen LogP contribution >= 0.6 is 0 Å². The van der Waals surface area contributed by atoms with E-state index in [1.807, 2.05) is 4.98 Å². The van der Waals surface area contributed by atoms with Crippen molar-refractivity contribution >= 4 is 11.8 Å². The fourth-order valence-corrected chi connectivity index (χ4v) is 2.03. The summed E-state index contributed by atoms with van der Waals surface area (Å²) in [6.45, 7) is -2.14. The first-order valence-corrected chi connectivity index (χ1v) is 7.34. The van der Waals surface area contributed by atoms with Crippen LogP contribution in [0.4, 0.5) is 8.78 Å². The fraction of sp³-hybridized carbons (Fsp3) is 0.250. The van der Waals surface area contributed by atoms with Gasteiger partial charge in [-0.1, -0.05) is 0 Å². The van der Waals surface area contributed by atoms with Crippen LogP contribution in [-0.2, 0) is 16.1 Å². The number of hydrogen-bond acceptors (Lipinski definition) is 6. The monoisotopic (exact) mass is 368 g/mol. The minimum Gasteiger partial charge on any atom is -0.453 e. The maximum absolute atomic E-state index is 12.2. The van der Waals surface area contributed by atoms with Crippen LogP contribution in [0, 0.1) is 0 Å². The summed E-state index contributed by atoms with van der Waals surface area (Å²) in [4.78, 5) is 48.5. The third-order valence-electron chi connectivity index (χ3n) is 3.24. The van der Waals surface area contributed by atoms with Crippen LogP contribution in [0.2, 0.25) is 0 Å². The van der Waals surface area contributed by atoms with Crippen molar-refractivity contribution < 1.29 is 27.8 Å². The standard InChI is InChI=1S/C16H14F2N2O6/c1-9(14(23)10-2-4-11(5-3-10)26-15(17)18)25-13(22)8-20-7-6-12(21)19-16(20)24/h2-7,9,15H,8H2,1H3,(H,19,21,24)/t9-/m0/s1. The molecule has 2 rings (SSSR count). The molecule has 0 aliphatic carbocycles. The highest BCUT2D eigenvalue weighted by Crippen LogP contribution is 2.16. The Kier molecular flexibility index (Phi) is 5.99. The number of aromatic nitrogens is 2. The largest absolute Gasteiger partial charge is 0.453 e. The minimum absolute atomic E-state index is 0.112. The van der Waals surface area contributed by atoms with E-state index in [9.17, 15) is 28.0 Å². The first-order valence-electron chi connectivity index (χ1n) is 7.34. The third kappa shape index (κ3) is 5.10. The van der Waals surface area contributed by atoms with E-state index < -0.39 is 42.3 Å². The van der Waals surface area contributed by atoms with E-state index in [1.54, 1.807) is 0 Å². The molecule has 1 heterocycles. The molecule has 0 bridgehead atoms. The van der Waals surface area contributed by atoms with Crippen molar-refractivity contribution in [1.29, 1.82) is 0 Å². The fourth-order valence-electron chi connectivity index (χ4n) is 2.03. The Morgan fingerprint density at radius 1 is 1.15 bits per heavy atom. The van der Waals surface area contributed by atoms with E-state index in [4.69, 9.17) is 4.74 Å². The SMILES string of the molecule is C[C@H](OC(=O)Cn1ccc(=O)[nH]c1=O)C(=O)c1ccc(OC(F)F)cc1. The Balaban J connectivity index is 1.98. The number of aromatic amines is 1. The number of benzene rings is 1. The number of rotatable bonds is 7. The average molecular weight is 368 g/mol. The van der Waals surface area contributed by atoms with E-state index in [2.05, 4.69) is 4.74 Å². The van der Waals surface area contributed by atoms with E-state index in [0.29, 0.717) is 0 Å². The lowest BCUT2D eigenvalue weighted by atomic mass is 10.1. The quantitative estimate of drug-likeness (QED) is 0.576. The summed E-state index contributed by atoms with van der Waals surface area (Å²) >= 11 is 0. The molecule has 10 heteroatoms. The van der Waals surface area contributed by atoms with Gasteiger partial charge in [0.05, 0.1) is 0 Å². The van der Waals surface area contributed by atoms with Gasteiger partial charge >= 0.3 is 18.3 Å². The molecule has 1 aromatic heterocycles. The van der Waals surface area contributed by atoms with Gasteiger partial charge in [0.25, 0.3) is 5.56 Å². The Morgan fingerprint density at radius 3 is 2.38 bits per heavy atom. The van der Waals surface area contributed by atoms with Crippen LogP contribution in [0.3, 0.4) is 0 Å². The molecule has 0 unspecified atom stereocenters. The minimum atomic E-state index is -2.98. The predicted octanol–water partition coefficient (Wildman–Crippen LogP) is 0.953. The first kappa shape index (κ1) is 19.0. The lowest BCUT2D eigenvalue weighted by Crippen LogP contribution is -2.33. The topological polar surface area (TPSA) is 107 Å². The number of carbonyl (C=O) groups excluding carboxylic acids is 2. The summed E-state index contributed by atoms with van der Waals surface area (Å²) in [5.41, 5.74) is -1.27. The van der Waals surface area contributed by atoms with Gasteiger partial charge in [-0.15, -0.1) is 0 Å². The van der Waals surface area contributed by atoms with Crippen LogP contribution in [0.5, 0.6) is 5.75 Å². The second kappa shape index (κ2) is 8.19. The summed E-state index contributed by atoms with van der Waals surface area (Å²) < 4.78 is 34.2. The Bertz CT molecular complexity index is 904. The lowest BCUT2D eigenvalue weighted by molar-refractivity contribution is -0.147. The molecule has 0 saturated heterocycles. The summed E-state index contributed by atoms with van der Waals surface area (Å²) in [5.74, 6) is -1.54. The molecular weight excluding hydrogens is 354 g/mol. The van der Waals surface area contributed by atoms with Crippen LogP contribution in [0.15, 0.2) is 46.1 Å². The second-order valence-electron chi connectivity index (χ2n) is 5.14. The van der Waals surface area contributed by atoms with Gasteiger partial charge in [-0.05, 0) is 31.2 Å². The maximum Gasteiger partial charge on any atom is 0.387 e. The summed E-state index contributed by atoms with van der Waals surface area (Å²) in [7, 11) is 0. The third-order valence-corrected chi connectivity index (χ3v) is 3.24. The highest BCUT2D eigenvalue weighted by Gasteiger charge is 2.20. The normalized spacial score (nSPS) is 11.8. The zero-order valence-electron chi connectivity index (χ0n) is 13.5. The zero-order valence-corrected chi connectivity index (χ0v) is 13.5. The van der Waals surface area contributed by atoms with Crippen LogP contribution in [0.1, 0.15) is 17.3 Å². The summed E-state index contributed by atoms with van der Waals surface area (Å²) in [6, 6.07) is 5.96. The van der Waals surface area contributed by atoms with Crippen LogP contribution in [-0.4, -0.2) is 34.0 Å². The number of carbonyl (C=O) groups is 2. The highest BCUT2D eigenvalue weighted by atomic mass is 19.3. The van der Waals surface area contributed by atoms with Crippen LogP contribution < -0.4 is 16.0 Å². The summed E-state index contributed by atoms with van der Waals surface area (Å²) in [5, 5.41) is 0. The number of ether oxygens (including phenoxy) is 2. The molecule has 0 aliphatic heterocycles. The lowest BCUT2D eigenvalue weighted by Gasteiger charge is -2.13. The molecule has 138 valence electrons. The molecule has 0 saturated carbocycles. The van der Waals surface area contributed by atoms with Gasteiger partial charge in [-0.25, -0.2) is 4.79 Å². The number of halogens is 2. The van der Waals surface area contributed by atoms with Gasteiger partial charge < -0.3 is 9.47 Å². The predicted molar refractivity (Wildman–Crippen MR) is 84.3 cm³/mol. The molecule has 0 amide bonds. The molecular formula is C16H14F2N2O6. The average Bonchev–Trinajstić information content (AvgIpc) is 2.57. The van der Waals surface area contributed by atoms with Crippen molar-refractivity contribution in [1.82, 2.24) is 9.55 Å². The molecule has 0 aliphatic rings. The number of nitrogens with one attached hydrogen (secondary N) is 1. The van der Waals surface area contributed by atoms with E-state index in [-0.39, 0.29) is 11.3 Å². The smallest absolute Gasteiger partial charge is 0.387 e. The molecule has 1 atom stereocenters. The first-order chi connectivity index (χ1) is 12.3. The van der Waals surface area contributed by atoms with Crippen LogP contribution in [0.25, 0.3) is 0 Å².